The van der Waals surface area contributed by atoms with Crippen LogP contribution in [-0.2, 0) is 12.2 Å². The Bertz CT molecular complexity index is 444. The molecule has 0 saturated heterocycles. The first-order valence-corrected chi connectivity index (χ1v) is 9.35. The molecule has 98 valence electrons. The monoisotopic (exact) mass is 345 g/mol. The minimum absolute atomic E-state index is 0.117. The van der Waals surface area contributed by atoms with Gasteiger partial charge in [0.25, 0.3) is 5.91 Å². The van der Waals surface area contributed by atoms with Gasteiger partial charge in [-0.1, -0.05) is 15.9 Å². The van der Waals surface area contributed by atoms with Gasteiger partial charge in [-0.2, -0.15) is 11.8 Å². The number of thioether (sulfide) groups is 1. The molecule has 1 aliphatic carbocycles. The molecule has 3 rings (SSSR count). The van der Waals surface area contributed by atoms with Crippen LogP contribution in [0, 0.1) is 5.41 Å². The van der Waals surface area contributed by atoms with E-state index >= 15 is 0 Å². The summed E-state index contributed by atoms with van der Waals surface area (Å²) in [6.45, 7) is 0.814. The Morgan fingerprint density at radius 1 is 1.50 bits per heavy atom. The number of aryl methyl sites for hydroxylation is 1. The van der Waals surface area contributed by atoms with Crippen LogP contribution in [0.3, 0.4) is 0 Å². The molecule has 0 radical (unpaired) electrons. The van der Waals surface area contributed by atoms with E-state index in [1.807, 2.05) is 11.8 Å². The lowest BCUT2D eigenvalue weighted by atomic mass is 10.1. The highest BCUT2D eigenvalue weighted by molar-refractivity contribution is 9.09. The van der Waals surface area contributed by atoms with Gasteiger partial charge in [-0.3, -0.25) is 4.79 Å². The average Bonchev–Trinajstić information content (AvgIpc) is 3.05. The molecule has 1 fully saturated rings. The fourth-order valence-corrected chi connectivity index (χ4v) is 5.20. The molecule has 0 unspecified atom stereocenters. The standard InChI is InChI=1S/C13H16BrNOS2/c14-7-13(2-3-13)8-15-12(16)11-5-9-6-17-4-1-10(9)18-11/h5H,1-4,6-8H2,(H,15,16). The molecule has 5 heteroatoms. The lowest BCUT2D eigenvalue weighted by Crippen LogP contribution is -2.30. The molecule has 2 heterocycles. The Hall–Kier alpha value is -0.000000000000000111. The van der Waals surface area contributed by atoms with Gasteiger partial charge in [0.1, 0.15) is 0 Å². The van der Waals surface area contributed by atoms with Gasteiger partial charge in [0.2, 0.25) is 0 Å². The second kappa shape index (κ2) is 5.17. The Morgan fingerprint density at radius 2 is 2.33 bits per heavy atom. The van der Waals surface area contributed by atoms with Crippen LogP contribution in [0.15, 0.2) is 6.07 Å². The van der Waals surface area contributed by atoms with Crippen LogP contribution >= 0.6 is 39.0 Å². The van der Waals surface area contributed by atoms with Gasteiger partial charge in [0, 0.05) is 22.5 Å². The predicted octanol–water partition coefficient (Wildman–Crippen LogP) is 3.44. The summed E-state index contributed by atoms with van der Waals surface area (Å²) in [6.07, 6.45) is 3.59. The summed E-state index contributed by atoms with van der Waals surface area (Å²) in [4.78, 5) is 14.4. The summed E-state index contributed by atoms with van der Waals surface area (Å²) in [5.41, 5.74) is 1.73. The van der Waals surface area contributed by atoms with Crippen LogP contribution in [-0.4, -0.2) is 23.5 Å². The number of amides is 1. The maximum absolute atomic E-state index is 12.1. The van der Waals surface area contributed by atoms with E-state index in [4.69, 9.17) is 0 Å². The summed E-state index contributed by atoms with van der Waals surface area (Å²) >= 11 is 7.18. The van der Waals surface area contributed by atoms with E-state index in [-0.39, 0.29) is 5.91 Å². The van der Waals surface area contributed by atoms with Crippen LogP contribution in [0.25, 0.3) is 0 Å². The first kappa shape index (κ1) is 13.0. The van der Waals surface area contributed by atoms with Crippen LogP contribution in [0.2, 0.25) is 0 Å². The average molecular weight is 346 g/mol. The predicted molar refractivity (Wildman–Crippen MR) is 82.0 cm³/mol. The van der Waals surface area contributed by atoms with E-state index in [0.29, 0.717) is 5.41 Å². The molecule has 2 aliphatic rings. The zero-order valence-electron chi connectivity index (χ0n) is 10.1. The van der Waals surface area contributed by atoms with Crippen molar-refractivity contribution in [2.45, 2.75) is 25.0 Å². The second-order valence-electron chi connectivity index (χ2n) is 5.18. The molecule has 18 heavy (non-hydrogen) atoms. The molecular formula is C13H16BrNOS2. The maximum Gasteiger partial charge on any atom is 0.261 e. The number of halogens is 1. The summed E-state index contributed by atoms with van der Waals surface area (Å²) in [7, 11) is 0. The number of rotatable bonds is 4. The molecule has 0 bridgehead atoms. The molecule has 1 N–H and O–H groups in total. The molecule has 1 saturated carbocycles. The van der Waals surface area contributed by atoms with Crippen molar-refractivity contribution in [2.24, 2.45) is 5.41 Å². The van der Waals surface area contributed by atoms with Crippen LogP contribution < -0.4 is 5.32 Å². The minimum Gasteiger partial charge on any atom is -0.351 e. The van der Waals surface area contributed by atoms with Gasteiger partial charge < -0.3 is 5.32 Å². The highest BCUT2D eigenvalue weighted by Gasteiger charge is 2.41. The highest BCUT2D eigenvalue weighted by atomic mass is 79.9. The number of alkyl halides is 1. The molecule has 2 nitrogen and oxygen atoms in total. The summed E-state index contributed by atoms with van der Waals surface area (Å²) in [5.74, 6) is 2.39. The smallest absolute Gasteiger partial charge is 0.261 e. The van der Waals surface area contributed by atoms with Crippen molar-refractivity contribution in [3.63, 3.8) is 0 Å². The van der Waals surface area contributed by atoms with E-state index in [1.54, 1.807) is 11.3 Å². The van der Waals surface area contributed by atoms with Crippen molar-refractivity contribution in [3.05, 3.63) is 21.4 Å². The largest absolute Gasteiger partial charge is 0.351 e. The van der Waals surface area contributed by atoms with Crippen molar-refractivity contribution in [2.75, 3.05) is 17.6 Å². The van der Waals surface area contributed by atoms with E-state index in [2.05, 4.69) is 27.3 Å². The quantitative estimate of drug-likeness (QED) is 0.847. The Labute approximate surface area is 124 Å². The Kier molecular flexibility index (Phi) is 3.74. The number of nitrogens with one attached hydrogen (secondary N) is 1. The Morgan fingerprint density at radius 3 is 3.00 bits per heavy atom. The third kappa shape index (κ3) is 2.63. The third-order valence-corrected chi connectivity index (χ3v) is 7.15. The van der Waals surface area contributed by atoms with Crippen LogP contribution in [0.4, 0.5) is 0 Å². The summed E-state index contributed by atoms with van der Waals surface area (Å²) < 4.78 is 0. The van der Waals surface area contributed by atoms with Crippen LogP contribution in [0.1, 0.15) is 33.0 Å². The molecule has 0 aromatic carbocycles. The minimum atomic E-state index is 0.117. The van der Waals surface area contributed by atoms with Crippen molar-refractivity contribution in [1.29, 1.82) is 0 Å². The maximum atomic E-state index is 12.1. The fraction of sp³-hybridized carbons (Fsp3) is 0.615. The van der Waals surface area contributed by atoms with Gasteiger partial charge in [-0.25, -0.2) is 0 Å². The molecule has 1 aromatic rings. The van der Waals surface area contributed by atoms with Gasteiger partial charge in [0.05, 0.1) is 4.88 Å². The first-order valence-electron chi connectivity index (χ1n) is 6.26. The molecule has 1 aliphatic heterocycles. The lowest BCUT2D eigenvalue weighted by molar-refractivity contribution is 0.0950. The number of hydrogen-bond donors (Lipinski definition) is 1. The first-order chi connectivity index (χ1) is 8.72. The number of hydrogen-bond acceptors (Lipinski definition) is 3. The molecular weight excluding hydrogens is 330 g/mol. The van der Waals surface area contributed by atoms with Gasteiger partial charge in [-0.15, -0.1) is 11.3 Å². The Balaban J connectivity index is 1.63. The number of thiophene rings is 1. The third-order valence-electron chi connectivity index (χ3n) is 3.72. The zero-order valence-corrected chi connectivity index (χ0v) is 13.3. The normalized spacial score (nSPS) is 20.3. The molecule has 0 atom stereocenters. The van der Waals surface area contributed by atoms with Gasteiger partial charge in [0.15, 0.2) is 0 Å². The topological polar surface area (TPSA) is 29.1 Å². The van der Waals surface area contributed by atoms with E-state index in [0.717, 1.165) is 28.9 Å². The molecule has 1 aromatic heterocycles. The summed E-state index contributed by atoms with van der Waals surface area (Å²) in [5, 5.41) is 4.09. The van der Waals surface area contributed by atoms with Crippen molar-refractivity contribution >= 4 is 44.9 Å². The highest BCUT2D eigenvalue weighted by Crippen LogP contribution is 2.46. The lowest BCUT2D eigenvalue weighted by Gasteiger charge is -2.11. The zero-order chi connectivity index (χ0) is 12.6. The molecule has 0 spiro atoms. The molecule has 1 amide bonds. The van der Waals surface area contributed by atoms with Crippen molar-refractivity contribution < 1.29 is 4.79 Å². The van der Waals surface area contributed by atoms with E-state index in [9.17, 15) is 4.79 Å². The van der Waals surface area contributed by atoms with Crippen LogP contribution in [0.5, 0.6) is 0 Å². The van der Waals surface area contributed by atoms with Gasteiger partial charge in [-0.05, 0) is 42.1 Å². The fourth-order valence-electron chi connectivity index (χ4n) is 2.15. The summed E-state index contributed by atoms with van der Waals surface area (Å²) in [6, 6.07) is 2.09. The van der Waals surface area contributed by atoms with Gasteiger partial charge >= 0.3 is 0 Å². The number of carbonyl (C=O) groups is 1. The van der Waals surface area contributed by atoms with Crippen molar-refractivity contribution in [1.82, 2.24) is 5.32 Å². The van der Waals surface area contributed by atoms with E-state index < -0.39 is 0 Å². The SMILES string of the molecule is O=C(NCC1(CBr)CC1)c1cc2c(s1)CCSC2. The van der Waals surface area contributed by atoms with E-state index in [1.165, 1.54) is 29.0 Å². The number of carbonyl (C=O) groups excluding carboxylic acids is 1. The number of fused-ring (bicyclic) bond motifs is 1. The second-order valence-corrected chi connectivity index (χ2v) is 7.98. The van der Waals surface area contributed by atoms with Crippen molar-refractivity contribution in [3.8, 4) is 0 Å².